The molecule has 144 valence electrons. The Balaban J connectivity index is 1.66. The van der Waals surface area contributed by atoms with E-state index in [2.05, 4.69) is 93.6 Å². The third-order valence-electron chi connectivity index (χ3n) is 6.50. The van der Waals surface area contributed by atoms with Gasteiger partial charge in [-0.25, -0.2) is 0 Å². The maximum absolute atomic E-state index is 5.10. The summed E-state index contributed by atoms with van der Waals surface area (Å²) in [6.07, 6.45) is 5.66. The molecular weight excluding hydrogens is 352 g/mol. The van der Waals surface area contributed by atoms with E-state index in [1.807, 2.05) is 0 Å². The molecule has 0 N–H and O–H groups in total. The summed E-state index contributed by atoms with van der Waals surface area (Å²) in [5.41, 5.74) is 9.87. The zero-order chi connectivity index (χ0) is 20.0. The van der Waals surface area contributed by atoms with Crippen LogP contribution >= 0.6 is 0 Å². The van der Waals surface area contributed by atoms with Gasteiger partial charge < -0.3 is 0 Å². The lowest BCUT2D eigenvalue weighted by Crippen LogP contribution is -2.28. The largest absolute Gasteiger partial charge is 0.256 e. The second-order valence-corrected chi connectivity index (χ2v) is 8.33. The lowest BCUT2D eigenvalue weighted by molar-refractivity contribution is 0.606. The number of fused-ring (bicyclic) bond motifs is 2. The monoisotopic (exact) mass is 378 g/mol. The van der Waals surface area contributed by atoms with Gasteiger partial charge in [0.15, 0.2) is 0 Å². The molecule has 2 aromatic carbocycles. The molecule has 5 rings (SSSR count). The topological polar surface area (TPSA) is 24.7 Å². The van der Waals surface area contributed by atoms with E-state index in [4.69, 9.17) is 9.98 Å². The normalized spacial score (nSPS) is 26.0. The van der Waals surface area contributed by atoms with Crippen molar-refractivity contribution in [2.75, 3.05) is 0 Å². The van der Waals surface area contributed by atoms with E-state index in [0.29, 0.717) is 11.8 Å². The zero-order valence-corrected chi connectivity index (χ0v) is 17.3. The molecule has 1 aliphatic carbocycles. The Labute approximate surface area is 173 Å². The Bertz CT molecular complexity index is 1100. The molecule has 0 amide bonds. The Morgan fingerprint density at radius 3 is 2.24 bits per heavy atom. The van der Waals surface area contributed by atoms with Crippen LogP contribution in [0.2, 0.25) is 0 Å². The molecule has 3 atom stereocenters. The maximum atomic E-state index is 5.10. The first kappa shape index (κ1) is 18.1. The number of nitrogens with zero attached hydrogens (tertiary/aromatic N) is 2. The highest BCUT2D eigenvalue weighted by molar-refractivity contribution is 6.03. The van der Waals surface area contributed by atoms with Crippen molar-refractivity contribution in [1.82, 2.24) is 0 Å². The Hall–Kier alpha value is -3.00. The molecule has 3 unspecified atom stereocenters. The second kappa shape index (κ2) is 7.11. The first-order chi connectivity index (χ1) is 14.1. The van der Waals surface area contributed by atoms with E-state index in [1.165, 1.54) is 28.0 Å². The molecular formula is C27H26N2. The third kappa shape index (κ3) is 3.04. The third-order valence-corrected chi connectivity index (χ3v) is 6.50. The van der Waals surface area contributed by atoms with Crippen LogP contribution in [0.25, 0.3) is 5.57 Å². The van der Waals surface area contributed by atoms with E-state index in [9.17, 15) is 0 Å². The summed E-state index contributed by atoms with van der Waals surface area (Å²) in [6.45, 7) is 6.57. The molecule has 0 fully saturated rings. The fourth-order valence-electron chi connectivity index (χ4n) is 4.95. The van der Waals surface area contributed by atoms with Gasteiger partial charge in [0.05, 0.1) is 11.4 Å². The summed E-state index contributed by atoms with van der Waals surface area (Å²) in [4.78, 5) is 10.1. The molecule has 29 heavy (non-hydrogen) atoms. The molecule has 2 heteroatoms. The summed E-state index contributed by atoms with van der Waals surface area (Å²) in [5.74, 6) is 1.02. The number of aliphatic imine (C=N–C) groups is 2. The number of benzene rings is 2. The van der Waals surface area contributed by atoms with E-state index >= 15 is 0 Å². The van der Waals surface area contributed by atoms with Crippen LogP contribution in [0.1, 0.15) is 44.2 Å². The predicted octanol–water partition coefficient (Wildman–Crippen LogP) is 6.60. The van der Waals surface area contributed by atoms with Crippen molar-refractivity contribution < 1.29 is 0 Å². The van der Waals surface area contributed by atoms with Gasteiger partial charge >= 0.3 is 0 Å². The standard InChI is InChI=1S/C27H26N2/c1-17-16-24(20-10-6-4-7-11-20)22-14-15-23-25(21-12-8-5-9-13-21)18(2)19(3)29-27(23)26(22)28-17/h4-13,15-16,18,22,25H,14H2,1-3H3. The smallest absolute Gasteiger partial charge is 0.0885 e. The Morgan fingerprint density at radius 1 is 0.828 bits per heavy atom. The number of hydrogen-bond acceptors (Lipinski definition) is 2. The van der Waals surface area contributed by atoms with Crippen LogP contribution in [0.3, 0.4) is 0 Å². The fraction of sp³-hybridized carbons (Fsp3) is 0.259. The van der Waals surface area contributed by atoms with Crippen molar-refractivity contribution in [1.29, 1.82) is 0 Å². The summed E-state index contributed by atoms with van der Waals surface area (Å²) in [5, 5.41) is 0. The minimum Gasteiger partial charge on any atom is -0.256 e. The van der Waals surface area contributed by atoms with Crippen LogP contribution in [0.15, 0.2) is 99.8 Å². The molecule has 3 aliphatic rings. The lowest BCUT2D eigenvalue weighted by Gasteiger charge is -2.38. The average molecular weight is 379 g/mol. The number of rotatable bonds is 2. The number of hydrogen-bond donors (Lipinski definition) is 0. The van der Waals surface area contributed by atoms with Gasteiger partial charge in [0.25, 0.3) is 0 Å². The van der Waals surface area contributed by atoms with Crippen molar-refractivity contribution in [2.45, 2.75) is 33.1 Å². The molecule has 2 aromatic rings. The summed E-state index contributed by atoms with van der Waals surface area (Å²) in [6, 6.07) is 21.6. The highest BCUT2D eigenvalue weighted by Crippen LogP contribution is 2.49. The first-order valence-electron chi connectivity index (χ1n) is 10.5. The van der Waals surface area contributed by atoms with Gasteiger partial charge in [-0.3, -0.25) is 9.98 Å². The quantitative estimate of drug-likeness (QED) is 0.563. The summed E-state index contributed by atoms with van der Waals surface area (Å²) >= 11 is 0. The molecule has 0 aromatic heterocycles. The SMILES string of the molecule is CC1=NC2=C3N=C(C)C(C)C(c4ccccc4)C3=CCC2C(c2ccccc2)=C1. The minimum absolute atomic E-state index is 0.279. The first-order valence-corrected chi connectivity index (χ1v) is 10.5. The minimum atomic E-state index is 0.279. The molecule has 2 aliphatic heterocycles. The van der Waals surface area contributed by atoms with Gasteiger partial charge in [-0.2, -0.15) is 0 Å². The van der Waals surface area contributed by atoms with Gasteiger partial charge in [0.2, 0.25) is 0 Å². The van der Waals surface area contributed by atoms with Gasteiger partial charge in [-0.15, -0.1) is 0 Å². The average Bonchev–Trinajstić information content (AvgIpc) is 2.75. The zero-order valence-electron chi connectivity index (χ0n) is 17.3. The van der Waals surface area contributed by atoms with Crippen molar-refractivity contribution in [3.63, 3.8) is 0 Å². The van der Waals surface area contributed by atoms with Crippen LogP contribution in [-0.4, -0.2) is 11.4 Å². The van der Waals surface area contributed by atoms with Crippen LogP contribution in [0.5, 0.6) is 0 Å². The Morgan fingerprint density at radius 2 is 1.52 bits per heavy atom. The highest BCUT2D eigenvalue weighted by atomic mass is 14.9. The van der Waals surface area contributed by atoms with Crippen molar-refractivity contribution in [3.05, 3.63) is 101 Å². The molecule has 0 spiro atoms. The van der Waals surface area contributed by atoms with Crippen LogP contribution in [0, 0.1) is 11.8 Å². The van der Waals surface area contributed by atoms with E-state index in [0.717, 1.165) is 23.5 Å². The molecule has 0 saturated heterocycles. The molecule has 0 bridgehead atoms. The number of dihydropyridines is 1. The van der Waals surface area contributed by atoms with Gasteiger partial charge in [0.1, 0.15) is 0 Å². The maximum Gasteiger partial charge on any atom is 0.0885 e. The molecule has 2 nitrogen and oxygen atoms in total. The summed E-state index contributed by atoms with van der Waals surface area (Å²) < 4.78 is 0. The highest BCUT2D eigenvalue weighted by Gasteiger charge is 2.38. The molecule has 0 radical (unpaired) electrons. The summed E-state index contributed by atoms with van der Waals surface area (Å²) in [7, 11) is 0. The van der Waals surface area contributed by atoms with Gasteiger partial charge in [0, 0.05) is 29.2 Å². The van der Waals surface area contributed by atoms with Crippen LogP contribution < -0.4 is 0 Å². The Kier molecular flexibility index (Phi) is 4.43. The fourth-order valence-corrected chi connectivity index (χ4v) is 4.95. The van der Waals surface area contributed by atoms with Gasteiger partial charge in [-0.1, -0.05) is 73.7 Å². The van der Waals surface area contributed by atoms with Crippen molar-refractivity contribution >= 4 is 17.0 Å². The predicted molar refractivity (Wildman–Crippen MR) is 122 cm³/mol. The van der Waals surface area contributed by atoms with Crippen LogP contribution in [0.4, 0.5) is 0 Å². The molecule has 0 saturated carbocycles. The lowest BCUT2D eigenvalue weighted by atomic mass is 9.71. The molecule has 2 heterocycles. The second-order valence-electron chi connectivity index (χ2n) is 8.33. The van der Waals surface area contributed by atoms with Crippen molar-refractivity contribution in [3.8, 4) is 0 Å². The van der Waals surface area contributed by atoms with Gasteiger partial charge in [-0.05, 0) is 48.6 Å². The van der Waals surface area contributed by atoms with E-state index in [-0.39, 0.29) is 5.92 Å². The van der Waals surface area contributed by atoms with E-state index < -0.39 is 0 Å². The number of allylic oxidation sites excluding steroid dienone is 4. The van der Waals surface area contributed by atoms with Crippen molar-refractivity contribution in [2.24, 2.45) is 21.8 Å². The van der Waals surface area contributed by atoms with Crippen LogP contribution in [-0.2, 0) is 0 Å². The van der Waals surface area contributed by atoms with E-state index in [1.54, 1.807) is 0 Å².